The van der Waals surface area contributed by atoms with E-state index < -0.39 is 34.2 Å². The number of anilines is 4. The molecule has 5 amide bonds. The molecule has 2 aliphatic heterocycles. The quantitative estimate of drug-likeness (QED) is 0.291. The van der Waals surface area contributed by atoms with Crippen molar-refractivity contribution in [3.05, 3.63) is 108 Å². The first-order valence-corrected chi connectivity index (χ1v) is 17.8. The summed E-state index contributed by atoms with van der Waals surface area (Å²) in [6.07, 6.45) is 0.0476. The highest BCUT2D eigenvalue weighted by Crippen LogP contribution is 2.40. The van der Waals surface area contributed by atoms with Crippen LogP contribution < -0.4 is 24.0 Å². The SMILES string of the molecule is COc1ccccc1N(C(=O)N1CCN(C(=O)N2c3ccccc3CC(=O)c3ccccc32)[C@H](C(=O)NS(=O)(=O)N(C)C)C1)c1ccccc1OC. The van der Waals surface area contributed by atoms with Crippen LogP contribution in [-0.2, 0) is 21.4 Å². The third kappa shape index (κ3) is 6.75. The lowest BCUT2D eigenvalue weighted by Gasteiger charge is -2.43. The molecule has 14 nitrogen and oxygen atoms in total. The van der Waals surface area contributed by atoms with Crippen LogP contribution in [0.1, 0.15) is 15.9 Å². The average Bonchev–Trinajstić information content (AvgIpc) is 3.28. The molecule has 2 aliphatic rings. The van der Waals surface area contributed by atoms with Crippen LogP contribution in [0.15, 0.2) is 97.1 Å². The van der Waals surface area contributed by atoms with Gasteiger partial charge in [0.1, 0.15) is 17.5 Å². The van der Waals surface area contributed by atoms with Crippen molar-refractivity contribution in [2.75, 3.05) is 57.7 Å². The summed E-state index contributed by atoms with van der Waals surface area (Å²) in [5.74, 6) is -0.439. The van der Waals surface area contributed by atoms with E-state index in [1.165, 1.54) is 47.9 Å². The van der Waals surface area contributed by atoms with Crippen LogP contribution in [0.4, 0.5) is 32.3 Å². The van der Waals surface area contributed by atoms with Crippen LogP contribution in [0, 0.1) is 0 Å². The van der Waals surface area contributed by atoms with Crippen molar-refractivity contribution >= 4 is 56.7 Å². The number of Topliss-reactive ketones (excluding diaryl/α,β-unsaturated/α-hetero) is 1. The number of fused-ring (bicyclic) bond motifs is 2. The molecule has 1 N–H and O–H groups in total. The van der Waals surface area contributed by atoms with Gasteiger partial charge in [-0.3, -0.25) is 19.4 Å². The van der Waals surface area contributed by atoms with Gasteiger partial charge >= 0.3 is 22.3 Å². The normalized spacial score (nSPS) is 15.7. The van der Waals surface area contributed by atoms with Crippen LogP contribution in [-0.4, -0.2) is 100 Å². The number of nitrogens with zero attached hydrogens (tertiary/aromatic N) is 5. The molecule has 0 unspecified atom stereocenters. The Kier molecular flexibility index (Phi) is 10.2. The third-order valence-electron chi connectivity index (χ3n) is 8.97. The number of nitrogens with one attached hydrogen (secondary N) is 1. The van der Waals surface area contributed by atoms with Gasteiger partial charge in [-0.05, 0) is 48.0 Å². The molecule has 0 saturated carbocycles. The van der Waals surface area contributed by atoms with E-state index >= 15 is 0 Å². The third-order valence-corrected chi connectivity index (χ3v) is 10.4. The van der Waals surface area contributed by atoms with Crippen molar-refractivity contribution in [3.63, 3.8) is 0 Å². The number of carbonyl (C=O) groups excluding carboxylic acids is 4. The zero-order chi connectivity index (χ0) is 37.2. The number of ether oxygens (including phenoxy) is 2. The topological polar surface area (TPSA) is 149 Å². The molecule has 6 rings (SSSR count). The Balaban J connectivity index is 1.43. The second kappa shape index (κ2) is 14.7. The maximum absolute atomic E-state index is 14.8. The monoisotopic (exact) mass is 726 g/mol. The van der Waals surface area contributed by atoms with Crippen LogP contribution in [0.2, 0.25) is 0 Å². The Bertz CT molecular complexity index is 2090. The number of rotatable bonds is 7. The molecule has 270 valence electrons. The molecule has 0 bridgehead atoms. The van der Waals surface area contributed by atoms with E-state index in [-0.39, 0.29) is 31.8 Å². The maximum Gasteiger partial charge on any atom is 0.329 e. The molecule has 4 aromatic rings. The van der Waals surface area contributed by atoms with Crippen LogP contribution in [0.5, 0.6) is 11.5 Å². The summed E-state index contributed by atoms with van der Waals surface area (Å²) in [4.78, 5) is 62.3. The molecular weight excluding hydrogens is 689 g/mol. The van der Waals surface area contributed by atoms with E-state index in [1.807, 2.05) is 0 Å². The number of ketones is 1. The standard InChI is InChI=1S/C37H38N6O8S/c1-39(2)52(48,49)38-35(45)31-24-40(36(46)43(29-17-9-11-19-33(29)50-3)30-18-10-12-20-34(30)51-4)21-22-41(31)37(47)42-27-15-7-5-13-25(27)23-32(44)26-14-6-8-16-28(26)42/h5-20,31H,21-24H2,1-4H3,(H,38,45)/t31-/m0/s1. The molecule has 4 aromatic carbocycles. The second-order valence-corrected chi connectivity index (χ2v) is 14.1. The zero-order valence-electron chi connectivity index (χ0n) is 29.1. The lowest BCUT2D eigenvalue weighted by atomic mass is 10.0. The molecule has 15 heteroatoms. The van der Waals surface area contributed by atoms with Crippen molar-refractivity contribution in [3.8, 4) is 11.5 Å². The number of hydrogen-bond acceptors (Lipinski definition) is 8. The summed E-state index contributed by atoms with van der Waals surface area (Å²) < 4.78 is 40.0. The fourth-order valence-electron chi connectivity index (χ4n) is 6.32. The van der Waals surface area contributed by atoms with Gasteiger partial charge in [-0.2, -0.15) is 12.7 Å². The molecule has 0 spiro atoms. The van der Waals surface area contributed by atoms with Gasteiger partial charge in [-0.25, -0.2) is 14.3 Å². The van der Waals surface area contributed by atoms with Crippen LogP contribution >= 0.6 is 0 Å². The maximum atomic E-state index is 14.8. The minimum atomic E-state index is -4.30. The van der Waals surface area contributed by atoms with E-state index in [0.717, 1.165) is 4.31 Å². The van der Waals surface area contributed by atoms with Gasteiger partial charge < -0.3 is 19.3 Å². The lowest BCUT2D eigenvalue weighted by Crippen LogP contribution is -2.65. The van der Waals surface area contributed by atoms with Gasteiger partial charge in [0, 0.05) is 39.2 Å². The molecule has 52 heavy (non-hydrogen) atoms. The number of methoxy groups -OCH3 is 2. The fourth-order valence-corrected chi connectivity index (χ4v) is 6.89. The summed E-state index contributed by atoms with van der Waals surface area (Å²) in [5.41, 5.74) is 2.46. The van der Waals surface area contributed by atoms with E-state index in [9.17, 15) is 27.6 Å². The number of amides is 5. The number of urea groups is 2. The smallest absolute Gasteiger partial charge is 0.329 e. The van der Waals surface area contributed by atoms with Crippen molar-refractivity contribution in [1.82, 2.24) is 18.8 Å². The number of para-hydroxylation sites is 6. The highest BCUT2D eigenvalue weighted by molar-refractivity contribution is 7.87. The zero-order valence-corrected chi connectivity index (χ0v) is 29.9. The van der Waals surface area contributed by atoms with Crippen LogP contribution in [0.3, 0.4) is 0 Å². The summed E-state index contributed by atoms with van der Waals surface area (Å²) in [6, 6.07) is 24.8. The first-order valence-electron chi connectivity index (χ1n) is 16.4. The molecule has 1 atom stereocenters. The van der Waals surface area contributed by atoms with Gasteiger partial charge in [0.15, 0.2) is 5.78 Å². The fraction of sp³-hybridized carbons (Fsp3) is 0.243. The Labute approximate surface area is 301 Å². The Hall–Kier alpha value is -5.93. The molecule has 1 saturated heterocycles. The van der Waals surface area contributed by atoms with Gasteiger partial charge in [-0.15, -0.1) is 0 Å². The number of carbonyl (C=O) groups is 4. The molecular formula is C37H38N6O8S. The van der Waals surface area contributed by atoms with Crippen molar-refractivity contribution in [1.29, 1.82) is 0 Å². The van der Waals surface area contributed by atoms with Crippen molar-refractivity contribution in [2.24, 2.45) is 0 Å². The highest BCUT2D eigenvalue weighted by Gasteiger charge is 2.43. The van der Waals surface area contributed by atoms with Crippen molar-refractivity contribution < 1.29 is 37.1 Å². The largest absolute Gasteiger partial charge is 0.495 e. The van der Waals surface area contributed by atoms with E-state index in [4.69, 9.17) is 9.47 Å². The molecule has 0 aliphatic carbocycles. The summed E-state index contributed by atoms with van der Waals surface area (Å²) in [6.45, 7) is -0.576. The predicted molar refractivity (Wildman–Crippen MR) is 195 cm³/mol. The Morgan fingerprint density at radius 2 is 1.33 bits per heavy atom. The second-order valence-electron chi connectivity index (χ2n) is 12.2. The first kappa shape index (κ1) is 35.9. The van der Waals surface area contributed by atoms with Crippen LogP contribution in [0.25, 0.3) is 0 Å². The Morgan fingerprint density at radius 1 is 0.769 bits per heavy atom. The van der Waals surface area contributed by atoms with Crippen molar-refractivity contribution in [2.45, 2.75) is 12.5 Å². The van der Waals surface area contributed by atoms with Gasteiger partial charge in [0.05, 0.1) is 43.5 Å². The minimum absolute atomic E-state index is 0.0361. The molecule has 0 radical (unpaired) electrons. The van der Waals surface area contributed by atoms with E-state index in [2.05, 4.69) is 4.72 Å². The summed E-state index contributed by atoms with van der Waals surface area (Å²) in [5, 5.41) is 0. The number of piperazine rings is 1. The molecule has 0 aromatic heterocycles. The number of benzene rings is 4. The Morgan fingerprint density at radius 3 is 1.94 bits per heavy atom. The minimum Gasteiger partial charge on any atom is -0.495 e. The molecule has 2 heterocycles. The first-order chi connectivity index (χ1) is 25.0. The highest BCUT2D eigenvalue weighted by atomic mass is 32.2. The lowest BCUT2D eigenvalue weighted by molar-refractivity contribution is -0.125. The van der Waals surface area contributed by atoms with E-state index in [0.29, 0.717) is 45.4 Å². The summed E-state index contributed by atoms with van der Waals surface area (Å²) in [7, 11) is 1.18. The van der Waals surface area contributed by atoms with Gasteiger partial charge in [0.25, 0.3) is 5.91 Å². The van der Waals surface area contributed by atoms with Gasteiger partial charge in [-0.1, -0.05) is 54.6 Å². The predicted octanol–water partition coefficient (Wildman–Crippen LogP) is 4.57. The summed E-state index contributed by atoms with van der Waals surface area (Å²) >= 11 is 0. The van der Waals surface area contributed by atoms with E-state index in [1.54, 1.807) is 97.1 Å². The average molecular weight is 727 g/mol. The molecule has 1 fully saturated rings. The van der Waals surface area contributed by atoms with Gasteiger partial charge in [0.2, 0.25) is 0 Å². The number of hydrogen-bond donors (Lipinski definition) is 1.